The first-order chi connectivity index (χ1) is 19.7. The van der Waals surface area contributed by atoms with Crippen LogP contribution in [0.4, 0.5) is 5.69 Å². The van der Waals surface area contributed by atoms with E-state index >= 15 is 0 Å². The monoisotopic (exact) mass is 629 g/mol. The fraction of sp³-hybridized carbons (Fsp3) is 0.370. The van der Waals surface area contributed by atoms with Crippen molar-refractivity contribution in [2.45, 2.75) is 32.3 Å². The van der Waals surface area contributed by atoms with Crippen molar-refractivity contribution in [1.82, 2.24) is 10.2 Å². The second kappa shape index (κ2) is 17.8. The number of aliphatic carboxylic acids is 3. The molecule has 0 aliphatic rings. The number of hydrogen-bond acceptors (Lipinski definition) is 8. The van der Waals surface area contributed by atoms with Gasteiger partial charge < -0.3 is 40.7 Å². The van der Waals surface area contributed by atoms with E-state index < -0.39 is 36.4 Å². The molecule has 0 bridgehead atoms. The van der Waals surface area contributed by atoms with E-state index in [-0.39, 0.29) is 23.4 Å². The third-order valence-corrected chi connectivity index (χ3v) is 6.15. The highest BCUT2D eigenvalue weighted by molar-refractivity contribution is 6.34. The van der Waals surface area contributed by atoms with E-state index in [1.807, 2.05) is 0 Å². The second-order valence-electron chi connectivity index (χ2n) is 8.75. The predicted molar refractivity (Wildman–Crippen MR) is 154 cm³/mol. The minimum atomic E-state index is -2.74. The van der Waals surface area contributed by atoms with E-state index in [1.54, 1.807) is 36.4 Å². The smallest absolute Gasteiger partial charge is 0.336 e. The lowest BCUT2D eigenvalue weighted by Gasteiger charge is -2.18. The van der Waals surface area contributed by atoms with Crippen LogP contribution in [0.1, 0.15) is 37.0 Å². The number of carbonyl (C=O) groups is 5. The van der Waals surface area contributed by atoms with E-state index in [4.69, 9.17) is 48.4 Å². The summed E-state index contributed by atoms with van der Waals surface area (Å²) in [6.07, 6.45) is -2.29. The summed E-state index contributed by atoms with van der Waals surface area (Å²) < 4.78 is 5.40. The van der Waals surface area contributed by atoms with Crippen molar-refractivity contribution in [3.63, 3.8) is 0 Å². The number of amides is 2. The van der Waals surface area contributed by atoms with Crippen LogP contribution in [0.5, 0.6) is 5.75 Å². The number of carboxylic acid groups (broad SMARTS) is 3. The van der Waals surface area contributed by atoms with E-state index in [9.17, 15) is 24.0 Å². The number of benzene rings is 2. The normalized spacial score (nSPS) is 10.7. The first kappa shape index (κ1) is 36.1. The average Bonchev–Trinajstić information content (AvgIpc) is 2.91. The quantitative estimate of drug-likeness (QED) is 0.169. The number of nitrogens with zero attached hydrogens (tertiary/aromatic N) is 1. The Morgan fingerprint density at radius 2 is 1.48 bits per heavy atom. The standard InChI is InChI=1S/C21H25Cl2N3O3.C6H8O7/c1-3-26(4-2)12-11-24-21(28)15-5-10-19(18(23)13-15)25-20(27)14-29-17-8-6-16(22)7-9-17;7-3(8)1-6(13,5(11)12)2-4(9)10/h5-10,13H,3-4,11-12,14H2,1-2H3,(H,24,28)(H,25,27);13H,1-2H2,(H,7,8)(H,9,10)(H,11,12). The highest BCUT2D eigenvalue weighted by atomic mass is 35.5. The first-order valence-electron chi connectivity index (χ1n) is 12.6. The Labute approximate surface area is 252 Å². The van der Waals surface area contributed by atoms with E-state index in [2.05, 4.69) is 29.4 Å². The van der Waals surface area contributed by atoms with Gasteiger partial charge in [-0.2, -0.15) is 0 Å². The Bertz CT molecular complexity index is 1220. The van der Waals surface area contributed by atoms with Crippen molar-refractivity contribution in [3.05, 3.63) is 58.1 Å². The van der Waals surface area contributed by atoms with E-state index in [1.165, 1.54) is 6.07 Å². The van der Waals surface area contributed by atoms with Crippen LogP contribution in [0.25, 0.3) is 0 Å². The van der Waals surface area contributed by atoms with Gasteiger partial charge >= 0.3 is 17.9 Å². The summed E-state index contributed by atoms with van der Waals surface area (Å²) in [7, 11) is 0. The molecule has 0 saturated carbocycles. The van der Waals surface area contributed by atoms with Gasteiger partial charge in [0, 0.05) is 23.7 Å². The van der Waals surface area contributed by atoms with Crippen molar-refractivity contribution >= 4 is 58.6 Å². The lowest BCUT2D eigenvalue weighted by atomic mass is 9.96. The third kappa shape index (κ3) is 13.2. The molecule has 15 heteroatoms. The van der Waals surface area contributed by atoms with Gasteiger partial charge in [-0.25, -0.2) is 4.79 Å². The van der Waals surface area contributed by atoms with Crippen LogP contribution in [-0.2, 0) is 19.2 Å². The first-order valence-corrected chi connectivity index (χ1v) is 13.3. The number of carboxylic acids is 3. The molecule has 0 saturated heterocycles. The molecular formula is C27H33Cl2N3O10. The molecule has 0 fully saturated rings. The minimum absolute atomic E-state index is 0.175. The number of likely N-dealkylation sites (N-methyl/N-ethyl adjacent to an activating group) is 1. The van der Waals surface area contributed by atoms with Gasteiger partial charge in [-0.15, -0.1) is 0 Å². The number of anilines is 1. The molecule has 2 amide bonds. The van der Waals surface area contributed by atoms with Gasteiger partial charge in [-0.3, -0.25) is 19.2 Å². The van der Waals surface area contributed by atoms with Crippen molar-refractivity contribution in [2.75, 3.05) is 38.1 Å². The Morgan fingerprint density at radius 1 is 0.905 bits per heavy atom. The van der Waals surface area contributed by atoms with Crippen LogP contribution in [-0.4, -0.2) is 93.4 Å². The van der Waals surface area contributed by atoms with Crippen molar-refractivity contribution in [2.24, 2.45) is 0 Å². The zero-order valence-electron chi connectivity index (χ0n) is 22.9. The fourth-order valence-corrected chi connectivity index (χ4v) is 3.66. The van der Waals surface area contributed by atoms with Crippen LogP contribution in [0.2, 0.25) is 10.0 Å². The Morgan fingerprint density at radius 3 is 1.95 bits per heavy atom. The Balaban J connectivity index is 0.000000572. The fourth-order valence-electron chi connectivity index (χ4n) is 3.31. The van der Waals surface area contributed by atoms with Gasteiger partial charge in [0.1, 0.15) is 5.75 Å². The molecule has 0 heterocycles. The maximum Gasteiger partial charge on any atom is 0.336 e. The molecule has 0 atom stereocenters. The zero-order chi connectivity index (χ0) is 31.9. The molecule has 42 heavy (non-hydrogen) atoms. The lowest BCUT2D eigenvalue weighted by Crippen LogP contribution is -2.42. The summed E-state index contributed by atoms with van der Waals surface area (Å²) >= 11 is 12.0. The number of nitrogens with one attached hydrogen (secondary N) is 2. The molecule has 0 aliphatic heterocycles. The number of rotatable bonds is 15. The molecule has 0 unspecified atom stereocenters. The van der Waals surface area contributed by atoms with Gasteiger partial charge in [-0.1, -0.05) is 37.0 Å². The molecule has 0 radical (unpaired) electrons. The molecule has 0 spiro atoms. The van der Waals surface area contributed by atoms with Crippen molar-refractivity contribution in [1.29, 1.82) is 0 Å². The van der Waals surface area contributed by atoms with Gasteiger partial charge in [-0.05, 0) is 55.6 Å². The average molecular weight is 630 g/mol. The van der Waals surface area contributed by atoms with Crippen LogP contribution in [0.3, 0.4) is 0 Å². The van der Waals surface area contributed by atoms with E-state index in [0.717, 1.165) is 19.6 Å². The maximum atomic E-state index is 12.3. The SMILES string of the molecule is CCN(CC)CCNC(=O)c1ccc(NC(=O)COc2ccc(Cl)cc2)c(Cl)c1.O=C(O)CC(O)(CC(=O)O)C(=O)O. The highest BCUT2D eigenvalue weighted by Gasteiger charge is 2.40. The molecule has 0 aromatic heterocycles. The molecule has 0 aliphatic carbocycles. The van der Waals surface area contributed by atoms with Gasteiger partial charge in [0.05, 0.1) is 23.6 Å². The summed E-state index contributed by atoms with van der Waals surface area (Å²) in [4.78, 5) is 57.1. The Hall–Kier alpha value is -3.91. The molecule has 2 aromatic rings. The second-order valence-corrected chi connectivity index (χ2v) is 9.59. The molecule has 13 nitrogen and oxygen atoms in total. The predicted octanol–water partition coefficient (Wildman–Crippen LogP) is 2.83. The van der Waals surface area contributed by atoms with Crippen LogP contribution in [0.15, 0.2) is 42.5 Å². The largest absolute Gasteiger partial charge is 0.484 e. The number of halogens is 2. The van der Waals surface area contributed by atoms with Crippen LogP contribution >= 0.6 is 23.2 Å². The van der Waals surface area contributed by atoms with E-state index in [0.29, 0.717) is 28.6 Å². The van der Waals surface area contributed by atoms with Gasteiger partial charge in [0.25, 0.3) is 11.8 Å². The number of carbonyl (C=O) groups excluding carboxylic acids is 2. The lowest BCUT2D eigenvalue weighted by molar-refractivity contribution is -0.170. The number of aliphatic hydroxyl groups is 1. The summed E-state index contributed by atoms with van der Waals surface area (Å²) in [5.41, 5.74) is -1.89. The molecule has 6 N–H and O–H groups in total. The maximum absolute atomic E-state index is 12.3. The van der Waals surface area contributed by atoms with Crippen LogP contribution in [0, 0.1) is 0 Å². The third-order valence-electron chi connectivity index (χ3n) is 5.58. The van der Waals surface area contributed by atoms with Gasteiger partial charge in [0.15, 0.2) is 12.2 Å². The number of ether oxygens (including phenoxy) is 1. The summed E-state index contributed by atoms with van der Waals surface area (Å²) in [6, 6.07) is 11.5. The topological polar surface area (TPSA) is 203 Å². The molecule has 230 valence electrons. The molecule has 2 aromatic carbocycles. The van der Waals surface area contributed by atoms with Crippen molar-refractivity contribution in [3.8, 4) is 5.75 Å². The zero-order valence-corrected chi connectivity index (χ0v) is 24.4. The summed E-state index contributed by atoms with van der Waals surface area (Å²) in [6.45, 7) is 7.21. The molecule has 2 rings (SSSR count). The summed E-state index contributed by atoms with van der Waals surface area (Å²) in [5, 5.41) is 40.2. The number of hydrogen-bond donors (Lipinski definition) is 6. The van der Waals surface area contributed by atoms with Crippen LogP contribution < -0.4 is 15.4 Å². The molecular weight excluding hydrogens is 597 g/mol. The highest BCUT2D eigenvalue weighted by Crippen LogP contribution is 2.23. The van der Waals surface area contributed by atoms with Crippen molar-refractivity contribution < 1.29 is 49.1 Å². The van der Waals surface area contributed by atoms with Gasteiger partial charge in [0.2, 0.25) is 0 Å². The summed E-state index contributed by atoms with van der Waals surface area (Å²) in [5.74, 6) is -5.05. The Kier molecular flexibility index (Phi) is 15.3. The minimum Gasteiger partial charge on any atom is -0.484 e.